The number of aliphatic hydroxyl groups is 1. The summed E-state index contributed by atoms with van der Waals surface area (Å²) >= 11 is 0. The lowest BCUT2D eigenvalue weighted by molar-refractivity contribution is -0.0993. The second-order valence-corrected chi connectivity index (χ2v) is 7.28. The highest BCUT2D eigenvalue weighted by atomic mass is 16.5. The molecule has 2 N–H and O–H groups in total. The molecule has 1 saturated carbocycles. The summed E-state index contributed by atoms with van der Waals surface area (Å²) in [5, 5.41) is 20.8. The van der Waals surface area contributed by atoms with E-state index in [4.69, 9.17) is 4.74 Å². The lowest BCUT2D eigenvalue weighted by atomic mass is 9.51. The molecule has 5 rings (SSSR count). The van der Waals surface area contributed by atoms with E-state index in [1.807, 2.05) is 0 Å². The first kappa shape index (κ1) is 12.3. The average Bonchev–Trinajstić information content (AvgIpc) is 2.83. The summed E-state index contributed by atoms with van der Waals surface area (Å²) in [5.74, 6) is 1.44. The van der Waals surface area contributed by atoms with Crippen LogP contribution in [0.25, 0.3) is 0 Å². The fourth-order valence-electron chi connectivity index (χ4n) is 5.71. The fraction of sp³-hybridized carbons (Fsp3) is 0.647. The van der Waals surface area contributed by atoms with Crippen molar-refractivity contribution in [1.29, 1.82) is 0 Å². The molecule has 0 amide bonds. The number of phenolic OH excluding ortho intramolecular Hbond substituents is 1. The number of phenols is 1. The highest BCUT2D eigenvalue weighted by molar-refractivity contribution is 5.60. The van der Waals surface area contributed by atoms with Gasteiger partial charge in [-0.1, -0.05) is 6.07 Å². The molecule has 1 spiro atoms. The van der Waals surface area contributed by atoms with Crippen molar-refractivity contribution in [1.82, 2.24) is 4.90 Å². The van der Waals surface area contributed by atoms with Crippen LogP contribution in [0.3, 0.4) is 0 Å². The molecule has 0 aromatic heterocycles. The quantitative estimate of drug-likeness (QED) is 0.758. The molecule has 2 fully saturated rings. The zero-order valence-corrected chi connectivity index (χ0v) is 12.2. The molecule has 2 aliphatic heterocycles. The number of hydrogen-bond donors (Lipinski definition) is 2. The molecule has 2 aliphatic carbocycles. The van der Waals surface area contributed by atoms with E-state index in [2.05, 4.69) is 18.0 Å². The smallest absolute Gasteiger partial charge is 0.165 e. The van der Waals surface area contributed by atoms with Crippen LogP contribution in [-0.4, -0.2) is 47.0 Å². The number of aromatic hydroxyl groups is 1. The third-order valence-corrected chi connectivity index (χ3v) is 6.56. The summed E-state index contributed by atoms with van der Waals surface area (Å²) in [5.41, 5.74) is 2.46. The standard InChI is InChI=1S/C17H21NO3/c1-18-7-6-17-10-3-5-13(20)16(17)21-15-12(19)4-2-9(14(15)17)8-11(10)18/h2,4,10-11,13,16,19-20H,3,5-8H2,1H3/t10-,11?,13-,16-,17-/m0/s1. The first-order valence-corrected chi connectivity index (χ1v) is 8.03. The van der Waals surface area contributed by atoms with E-state index in [9.17, 15) is 10.2 Å². The average molecular weight is 287 g/mol. The van der Waals surface area contributed by atoms with Crippen LogP contribution < -0.4 is 4.74 Å². The minimum Gasteiger partial charge on any atom is -0.504 e. The Morgan fingerprint density at radius 2 is 2.19 bits per heavy atom. The summed E-state index contributed by atoms with van der Waals surface area (Å²) in [6, 6.07) is 4.36. The molecule has 1 aromatic carbocycles. The molecule has 21 heavy (non-hydrogen) atoms. The number of likely N-dealkylation sites (tertiary alicyclic amines) is 1. The number of piperidine rings is 1. The van der Waals surface area contributed by atoms with Gasteiger partial charge in [0.25, 0.3) is 0 Å². The van der Waals surface area contributed by atoms with E-state index in [0.29, 0.717) is 17.7 Å². The van der Waals surface area contributed by atoms with Crippen molar-refractivity contribution in [3.63, 3.8) is 0 Å². The summed E-state index contributed by atoms with van der Waals surface area (Å²) in [4.78, 5) is 2.48. The molecule has 0 radical (unpaired) electrons. The van der Waals surface area contributed by atoms with Crippen molar-refractivity contribution < 1.29 is 14.9 Å². The first-order chi connectivity index (χ1) is 10.1. The lowest BCUT2D eigenvalue weighted by Gasteiger charge is -2.58. The van der Waals surface area contributed by atoms with Crippen LogP contribution >= 0.6 is 0 Å². The molecular weight excluding hydrogens is 266 g/mol. The molecule has 4 aliphatic rings. The van der Waals surface area contributed by atoms with Crippen molar-refractivity contribution in [2.24, 2.45) is 5.92 Å². The molecule has 112 valence electrons. The molecule has 5 atom stereocenters. The highest BCUT2D eigenvalue weighted by Crippen LogP contribution is 2.63. The Bertz CT molecular complexity index is 631. The summed E-state index contributed by atoms with van der Waals surface area (Å²) in [6.07, 6.45) is 3.35. The van der Waals surface area contributed by atoms with Crippen LogP contribution in [0, 0.1) is 5.92 Å². The number of ether oxygens (including phenoxy) is 1. The number of likely N-dealkylation sites (N-methyl/N-ethyl adjacent to an activating group) is 1. The van der Waals surface area contributed by atoms with Gasteiger partial charge in [0.1, 0.15) is 6.10 Å². The number of hydrogen-bond acceptors (Lipinski definition) is 4. The number of aliphatic hydroxyl groups excluding tert-OH is 1. The maximum absolute atomic E-state index is 10.5. The lowest BCUT2D eigenvalue weighted by Crippen LogP contribution is -2.66. The second-order valence-electron chi connectivity index (χ2n) is 7.28. The normalized spacial score (nSPS) is 43.3. The molecular formula is C17H21NO3. The predicted octanol–water partition coefficient (Wildman–Crippen LogP) is 1.42. The van der Waals surface area contributed by atoms with Gasteiger partial charge in [-0.15, -0.1) is 0 Å². The Hall–Kier alpha value is -1.26. The molecule has 2 heterocycles. The van der Waals surface area contributed by atoms with Gasteiger partial charge in [-0.05, 0) is 56.8 Å². The maximum Gasteiger partial charge on any atom is 0.165 e. The van der Waals surface area contributed by atoms with Crippen LogP contribution in [0.1, 0.15) is 30.4 Å². The molecule has 1 unspecified atom stereocenters. The Balaban J connectivity index is 1.81. The fourth-order valence-corrected chi connectivity index (χ4v) is 5.71. The minimum atomic E-state index is -0.414. The van der Waals surface area contributed by atoms with Crippen LogP contribution in [0.5, 0.6) is 11.5 Å². The zero-order chi connectivity index (χ0) is 14.4. The van der Waals surface area contributed by atoms with Crippen molar-refractivity contribution in [2.75, 3.05) is 13.6 Å². The number of rotatable bonds is 0. The van der Waals surface area contributed by atoms with E-state index >= 15 is 0 Å². The predicted molar refractivity (Wildman–Crippen MR) is 77.7 cm³/mol. The van der Waals surface area contributed by atoms with E-state index < -0.39 is 6.10 Å². The van der Waals surface area contributed by atoms with Gasteiger partial charge in [-0.2, -0.15) is 0 Å². The second kappa shape index (κ2) is 3.73. The van der Waals surface area contributed by atoms with E-state index in [0.717, 1.165) is 32.2 Å². The SMILES string of the molecule is CN1CC[C@]23c4c5ccc(O)c4O[C@H]2[C@@H](O)CC[C@H]3C1C5. The number of nitrogens with zero attached hydrogens (tertiary/aromatic N) is 1. The molecule has 2 bridgehead atoms. The first-order valence-electron chi connectivity index (χ1n) is 8.03. The highest BCUT2D eigenvalue weighted by Gasteiger charge is 2.65. The Morgan fingerprint density at radius 3 is 3.05 bits per heavy atom. The topological polar surface area (TPSA) is 52.9 Å². The van der Waals surface area contributed by atoms with Crippen molar-refractivity contribution >= 4 is 0 Å². The third kappa shape index (κ3) is 1.25. The van der Waals surface area contributed by atoms with Gasteiger partial charge < -0.3 is 19.8 Å². The monoisotopic (exact) mass is 287 g/mol. The van der Waals surface area contributed by atoms with Gasteiger partial charge in [0, 0.05) is 17.0 Å². The summed E-state index contributed by atoms with van der Waals surface area (Å²) in [6.45, 7) is 1.04. The summed E-state index contributed by atoms with van der Waals surface area (Å²) in [7, 11) is 2.22. The Labute approximate surface area is 124 Å². The summed E-state index contributed by atoms with van der Waals surface area (Å²) < 4.78 is 6.14. The Morgan fingerprint density at radius 1 is 1.33 bits per heavy atom. The number of benzene rings is 1. The van der Waals surface area contributed by atoms with E-state index in [1.165, 1.54) is 11.1 Å². The zero-order valence-electron chi connectivity index (χ0n) is 12.2. The van der Waals surface area contributed by atoms with Crippen molar-refractivity contribution in [3.05, 3.63) is 23.3 Å². The van der Waals surface area contributed by atoms with Crippen LogP contribution in [-0.2, 0) is 11.8 Å². The molecule has 1 saturated heterocycles. The maximum atomic E-state index is 10.5. The van der Waals surface area contributed by atoms with Gasteiger partial charge >= 0.3 is 0 Å². The largest absolute Gasteiger partial charge is 0.504 e. The molecule has 4 heteroatoms. The van der Waals surface area contributed by atoms with Gasteiger partial charge in [-0.25, -0.2) is 0 Å². The van der Waals surface area contributed by atoms with Crippen LogP contribution in [0.4, 0.5) is 0 Å². The van der Waals surface area contributed by atoms with E-state index in [1.54, 1.807) is 6.07 Å². The Kier molecular flexibility index (Phi) is 2.19. The van der Waals surface area contributed by atoms with E-state index in [-0.39, 0.29) is 17.3 Å². The van der Waals surface area contributed by atoms with Crippen molar-refractivity contribution in [2.45, 2.75) is 49.3 Å². The van der Waals surface area contributed by atoms with Crippen LogP contribution in [0.15, 0.2) is 12.1 Å². The van der Waals surface area contributed by atoms with Crippen molar-refractivity contribution in [3.8, 4) is 11.5 Å². The third-order valence-electron chi connectivity index (χ3n) is 6.56. The minimum absolute atomic E-state index is 0.0729. The van der Waals surface area contributed by atoms with Gasteiger partial charge in [-0.3, -0.25) is 0 Å². The molecule has 1 aromatic rings. The molecule has 4 nitrogen and oxygen atoms in total. The van der Waals surface area contributed by atoms with Crippen LogP contribution in [0.2, 0.25) is 0 Å². The van der Waals surface area contributed by atoms with Gasteiger partial charge in [0.15, 0.2) is 11.5 Å². The van der Waals surface area contributed by atoms with Gasteiger partial charge in [0.05, 0.1) is 6.10 Å². The van der Waals surface area contributed by atoms with Gasteiger partial charge in [0.2, 0.25) is 0 Å².